The zero-order valence-corrected chi connectivity index (χ0v) is 19.1. The first-order valence-corrected chi connectivity index (χ1v) is 12.2. The minimum atomic E-state index is 0.565. The molecule has 33 heavy (non-hydrogen) atoms. The first-order valence-electron chi connectivity index (χ1n) is 12.2. The average molecular weight is 432 g/mol. The molecule has 0 amide bonds. The zero-order chi connectivity index (χ0) is 22.2. The average Bonchev–Trinajstić information content (AvgIpc) is 3.27. The van der Waals surface area contributed by atoms with E-state index < -0.39 is 0 Å². The van der Waals surface area contributed by atoms with E-state index in [1.807, 2.05) is 12.3 Å². The summed E-state index contributed by atoms with van der Waals surface area (Å²) in [6, 6.07) is 27.9. The maximum Gasteiger partial charge on any atom is 0.144 e. The van der Waals surface area contributed by atoms with E-state index in [1.54, 1.807) is 0 Å². The topological polar surface area (TPSA) is 26.0 Å². The van der Waals surface area contributed by atoms with Crippen molar-refractivity contribution in [3.63, 3.8) is 0 Å². The Balaban J connectivity index is 1.42. The number of rotatable bonds is 4. The molecule has 2 heterocycles. The Morgan fingerprint density at radius 3 is 2.48 bits per heavy atom. The number of aromatic nitrogens is 1. The molecule has 2 aromatic heterocycles. The van der Waals surface area contributed by atoms with Gasteiger partial charge in [-0.3, -0.25) is 4.98 Å². The zero-order valence-electron chi connectivity index (χ0n) is 19.1. The highest BCUT2D eigenvalue weighted by Gasteiger charge is 2.22. The molecule has 1 atom stereocenters. The molecule has 3 aromatic carbocycles. The largest absolute Gasteiger partial charge is 0.455 e. The van der Waals surface area contributed by atoms with E-state index in [9.17, 15) is 0 Å². The van der Waals surface area contributed by atoms with E-state index in [-0.39, 0.29) is 0 Å². The number of hydrogen-bond donors (Lipinski definition) is 0. The first kappa shape index (κ1) is 20.2. The first-order chi connectivity index (χ1) is 16.3. The Labute approximate surface area is 195 Å². The third kappa shape index (κ3) is 3.74. The minimum Gasteiger partial charge on any atom is -0.455 e. The molecule has 1 fully saturated rings. The fourth-order valence-electron chi connectivity index (χ4n) is 5.59. The molecule has 6 rings (SSSR count). The minimum absolute atomic E-state index is 0.565. The third-order valence-electron chi connectivity index (χ3n) is 7.55. The molecule has 5 aromatic rings. The van der Waals surface area contributed by atoms with Gasteiger partial charge in [0.2, 0.25) is 0 Å². The Morgan fingerprint density at radius 1 is 0.788 bits per heavy atom. The highest BCUT2D eigenvalue weighted by Crippen LogP contribution is 2.39. The van der Waals surface area contributed by atoms with Crippen LogP contribution in [0.4, 0.5) is 0 Å². The maximum absolute atomic E-state index is 6.48. The molecule has 2 nitrogen and oxygen atoms in total. The van der Waals surface area contributed by atoms with Gasteiger partial charge < -0.3 is 4.42 Å². The van der Waals surface area contributed by atoms with Crippen LogP contribution in [0.25, 0.3) is 44.3 Å². The molecule has 0 radical (unpaired) electrons. The summed E-state index contributed by atoms with van der Waals surface area (Å²) in [7, 11) is 0. The van der Waals surface area contributed by atoms with Crippen LogP contribution in [0.3, 0.4) is 0 Å². The lowest BCUT2D eigenvalue weighted by Crippen LogP contribution is -2.14. The summed E-state index contributed by atoms with van der Waals surface area (Å²) in [4.78, 5) is 4.76. The summed E-state index contributed by atoms with van der Waals surface area (Å²) < 4.78 is 6.48. The van der Waals surface area contributed by atoms with Crippen molar-refractivity contribution in [1.82, 2.24) is 4.98 Å². The van der Waals surface area contributed by atoms with E-state index in [0.29, 0.717) is 5.92 Å². The second-order valence-corrected chi connectivity index (χ2v) is 9.52. The quantitative estimate of drug-likeness (QED) is 0.284. The molecular formula is C31H29NO. The van der Waals surface area contributed by atoms with Crippen molar-refractivity contribution in [1.29, 1.82) is 0 Å². The second-order valence-electron chi connectivity index (χ2n) is 9.52. The van der Waals surface area contributed by atoms with Gasteiger partial charge in [-0.2, -0.15) is 0 Å². The molecule has 0 spiro atoms. The summed E-state index contributed by atoms with van der Waals surface area (Å²) in [6.07, 6.45) is 8.81. The van der Waals surface area contributed by atoms with Gasteiger partial charge in [-0.15, -0.1) is 0 Å². The fraction of sp³-hybridized carbons (Fsp3) is 0.258. The monoisotopic (exact) mass is 431 g/mol. The summed E-state index contributed by atoms with van der Waals surface area (Å²) >= 11 is 0. The van der Waals surface area contributed by atoms with Crippen LogP contribution >= 0.6 is 0 Å². The van der Waals surface area contributed by atoms with E-state index in [2.05, 4.69) is 79.7 Å². The van der Waals surface area contributed by atoms with Gasteiger partial charge in [-0.05, 0) is 71.7 Å². The SMILES string of the molecule is CC(c1ccnc(-c2cccc3c2oc2cc(-c4ccccc4)ccc23)c1)C1CCCCC1. The summed E-state index contributed by atoms with van der Waals surface area (Å²) in [5.41, 5.74) is 7.69. The highest BCUT2D eigenvalue weighted by atomic mass is 16.3. The van der Waals surface area contributed by atoms with Gasteiger partial charge in [0.15, 0.2) is 0 Å². The molecule has 164 valence electrons. The molecule has 0 N–H and O–H groups in total. The fourth-order valence-corrected chi connectivity index (χ4v) is 5.59. The third-order valence-corrected chi connectivity index (χ3v) is 7.55. The smallest absolute Gasteiger partial charge is 0.144 e. The Bertz CT molecular complexity index is 1410. The van der Waals surface area contributed by atoms with Crippen LogP contribution in [0.15, 0.2) is 89.5 Å². The number of nitrogens with zero attached hydrogens (tertiary/aromatic N) is 1. The number of fused-ring (bicyclic) bond motifs is 3. The lowest BCUT2D eigenvalue weighted by molar-refractivity contribution is 0.316. The van der Waals surface area contributed by atoms with Crippen molar-refractivity contribution >= 4 is 21.9 Å². The second kappa shape index (κ2) is 8.51. The predicted octanol–water partition coefficient (Wildman–Crippen LogP) is 9.00. The Kier molecular flexibility index (Phi) is 5.22. The van der Waals surface area contributed by atoms with Gasteiger partial charge in [-0.25, -0.2) is 0 Å². The number of furan rings is 1. The summed E-state index contributed by atoms with van der Waals surface area (Å²) in [5, 5.41) is 2.30. The van der Waals surface area contributed by atoms with E-state index in [1.165, 1.54) is 48.8 Å². The van der Waals surface area contributed by atoms with E-state index in [0.717, 1.165) is 39.1 Å². The molecule has 0 aliphatic heterocycles. The van der Waals surface area contributed by atoms with Crippen molar-refractivity contribution in [3.05, 3.63) is 90.6 Å². The van der Waals surface area contributed by atoms with Crippen LogP contribution in [-0.2, 0) is 0 Å². The Morgan fingerprint density at radius 2 is 1.64 bits per heavy atom. The Hall–Kier alpha value is -3.39. The predicted molar refractivity (Wildman–Crippen MR) is 137 cm³/mol. The van der Waals surface area contributed by atoms with Crippen LogP contribution in [0, 0.1) is 5.92 Å². The summed E-state index contributed by atoms with van der Waals surface area (Å²) in [6.45, 7) is 2.39. The van der Waals surface area contributed by atoms with Crippen molar-refractivity contribution in [2.24, 2.45) is 5.92 Å². The molecule has 1 unspecified atom stereocenters. The van der Waals surface area contributed by atoms with Crippen LogP contribution in [0.5, 0.6) is 0 Å². The van der Waals surface area contributed by atoms with Crippen LogP contribution in [-0.4, -0.2) is 4.98 Å². The molecule has 0 bridgehead atoms. The van der Waals surface area contributed by atoms with Gasteiger partial charge >= 0.3 is 0 Å². The lowest BCUT2D eigenvalue weighted by Gasteiger charge is -2.28. The van der Waals surface area contributed by atoms with Gasteiger partial charge in [-0.1, -0.05) is 74.7 Å². The molecule has 2 heteroatoms. The van der Waals surface area contributed by atoms with E-state index in [4.69, 9.17) is 9.40 Å². The summed E-state index contributed by atoms with van der Waals surface area (Å²) in [5.74, 6) is 1.35. The molecule has 1 aliphatic carbocycles. The normalized spacial score (nSPS) is 15.8. The highest BCUT2D eigenvalue weighted by molar-refractivity contribution is 6.10. The number of hydrogen-bond acceptors (Lipinski definition) is 2. The van der Waals surface area contributed by atoms with Crippen molar-refractivity contribution < 1.29 is 4.42 Å². The van der Waals surface area contributed by atoms with E-state index >= 15 is 0 Å². The molecule has 0 saturated heterocycles. The van der Waals surface area contributed by atoms with Gasteiger partial charge in [0.1, 0.15) is 11.2 Å². The number of para-hydroxylation sites is 1. The standard InChI is InChI=1S/C31H29NO/c1-21(22-9-4-2-5-10-22)24-17-18-32-29(19-24)28-14-8-13-27-26-16-15-25(20-30(26)33-31(27)28)23-11-6-3-7-12-23/h3,6-8,11-22H,2,4-5,9-10H2,1H3. The van der Waals surface area contributed by atoms with Crippen LogP contribution in [0.1, 0.15) is 50.5 Å². The van der Waals surface area contributed by atoms with Crippen molar-refractivity contribution in [2.45, 2.75) is 44.9 Å². The van der Waals surface area contributed by atoms with Gasteiger partial charge in [0.25, 0.3) is 0 Å². The molecular weight excluding hydrogens is 402 g/mol. The van der Waals surface area contributed by atoms with Gasteiger partial charge in [0, 0.05) is 22.5 Å². The number of benzene rings is 3. The molecule has 1 aliphatic rings. The van der Waals surface area contributed by atoms with Crippen molar-refractivity contribution in [3.8, 4) is 22.4 Å². The van der Waals surface area contributed by atoms with Crippen LogP contribution in [0.2, 0.25) is 0 Å². The lowest BCUT2D eigenvalue weighted by atomic mass is 9.78. The number of pyridine rings is 1. The van der Waals surface area contributed by atoms with Crippen LogP contribution < -0.4 is 0 Å². The van der Waals surface area contributed by atoms with Crippen molar-refractivity contribution in [2.75, 3.05) is 0 Å². The molecule has 1 saturated carbocycles. The van der Waals surface area contributed by atoms with Gasteiger partial charge in [0.05, 0.1) is 5.69 Å². The maximum atomic E-state index is 6.48.